The summed E-state index contributed by atoms with van der Waals surface area (Å²) in [5, 5.41) is 7.30. The lowest BCUT2D eigenvalue weighted by atomic mass is 10.0. The van der Waals surface area contributed by atoms with Crippen LogP contribution in [-0.4, -0.2) is 0 Å². The Labute approximate surface area is 112 Å². The molecule has 0 aliphatic heterocycles. The molecule has 84 valence electrons. The van der Waals surface area contributed by atoms with Crippen LogP contribution in [0.25, 0.3) is 42.4 Å². The summed E-state index contributed by atoms with van der Waals surface area (Å²) >= 11 is 3.68. The number of rotatable bonds is 0. The zero-order chi connectivity index (χ0) is 11.7. The molecule has 0 saturated heterocycles. The molecule has 1 aliphatic carbocycles. The van der Waals surface area contributed by atoms with Crippen LogP contribution in [0.15, 0.2) is 47.2 Å². The average molecular weight is 264 g/mol. The van der Waals surface area contributed by atoms with Crippen molar-refractivity contribution < 1.29 is 0 Å². The Hall–Kier alpha value is -1.64. The molecule has 2 heterocycles. The normalized spacial score (nSPS) is 12.4. The molecule has 4 aromatic rings. The molecule has 0 N–H and O–H groups in total. The number of thiophene rings is 2. The van der Waals surface area contributed by atoms with Gasteiger partial charge in [-0.05, 0) is 57.1 Å². The van der Waals surface area contributed by atoms with Gasteiger partial charge in [-0.25, -0.2) is 0 Å². The summed E-state index contributed by atoms with van der Waals surface area (Å²) in [7, 11) is 0. The maximum atomic E-state index is 2.36. The van der Waals surface area contributed by atoms with Gasteiger partial charge < -0.3 is 0 Å². The van der Waals surface area contributed by atoms with E-state index in [9.17, 15) is 0 Å². The van der Waals surface area contributed by atoms with Gasteiger partial charge in [0.25, 0.3) is 0 Å². The molecule has 5 rings (SSSR count). The van der Waals surface area contributed by atoms with Crippen LogP contribution in [0.2, 0.25) is 0 Å². The Kier molecular flexibility index (Phi) is 1.56. The summed E-state index contributed by atoms with van der Waals surface area (Å²) < 4.78 is 2.79. The third-order valence-corrected chi connectivity index (χ3v) is 5.60. The summed E-state index contributed by atoms with van der Waals surface area (Å²) in [5.74, 6) is 0. The highest BCUT2D eigenvalue weighted by molar-refractivity contribution is 7.18. The third kappa shape index (κ3) is 0.972. The Balaban J connectivity index is 2.05. The van der Waals surface area contributed by atoms with E-state index in [1.54, 1.807) is 0 Å². The fraction of sp³-hybridized carbons (Fsp3) is 0. The topological polar surface area (TPSA) is 0 Å². The minimum atomic E-state index is 1.37. The van der Waals surface area contributed by atoms with Gasteiger partial charge in [0.1, 0.15) is 0 Å². The predicted molar refractivity (Wildman–Crippen MR) is 81.6 cm³/mol. The lowest BCUT2D eigenvalue weighted by molar-refractivity contribution is 1.78. The van der Waals surface area contributed by atoms with Gasteiger partial charge in [-0.2, -0.15) is 0 Å². The van der Waals surface area contributed by atoms with Crippen LogP contribution in [0.4, 0.5) is 0 Å². The van der Waals surface area contributed by atoms with Crippen molar-refractivity contribution in [3.05, 3.63) is 47.2 Å². The Morgan fingerprint density at radius 1 is 0.722 bits per heavy atom. The van der Waals surface area contributed by atoms with Crippen LogP contribution in [-0.2, 0) is 0 Å². The summed E-state index contributed by atoms with van der Waals surface area (Å²) in [4.78, 5) is 0. The van der Waals surface area contributed by atoms with Crippen molar-refractivity contribution in [2.45, 2.75) is 0 Å². The van der Waals surface area contributed by atoms with E-state index in [4.69, 9.17) is 0 Å². The minimum Gasteiger partial charge on any atom is -0.144 e. The summed E-state index contributed by atoms with van der Waals surface area (Å²) in [6.45, 7) is 0. The molecule has 0 nitrogen and oxygen atoms in total. The molecule has 0 atom stereocenters. The second-order valence-corrected chi connectivity index (χ2v) is 6.54. The highest BCUT2D eigenvalue weighted by atomic mass is 32.1. The minimum absolute atomic E-state index is 1.37. The van der Waals surface area contributed by atoms with Crippen LogP contribution in [0, 0.1) is 0 Å². The fourth-order valence-corrected chi connectivity index (χ4v) is 4.76. The van der Waals surface area contributed by atoms with Crippen molar-refractivity contribution in [3.8, 4) is 22.3 Å². The average Bonchev–Trinajstić information content (AvgIpc) is 3.08. The fourth-order valence-electron chi connectivity index (χ4n) is 2.97. The molecule has 2 aromatic carbocycles. The van der Waals surface area contributed by atoms with E-state index in [2.05, 4.69) is 47.2 Å². The van der Waals surface area contributed by atoms with Crippen molar-refractivity contribution in [2.24, 2.45) is 0 Å². The SMILES string of the molecule is c1cc2c3c(csc3c1)-c1cc3sccc3cc1-2. The molecule has 0 amide bonds. The summed E-state index contributed by atoms with van der Waals surface area (Å²) in [6, 6.07) is 13.6. The first-order valence-electron chi connectivity index (χ1n) is 5.94. The number of hydrogen-bond acceptors (Lipinski definition) is 2. The first kappa shape index (κ1) is 9.31. The zero-order valence-electron chi connectivity index (χ0n) is 9.44. The molecular formula is C16H8S2. The standard InChI is InChI=1S/C16H8S2/c1-2-10-11-6-9-4-5-17-15(9)7-12(11)13-8-18-14(3-1)16(10)13/h1-8H. The smallest absolute Gasteiger partial charge is 0.0355 e. The molecule has 0 unspecified atom stereocenters. The van der Waals surface area contributed by atoms with Crippen molar-refractivity contribution >= 4 is 42.8 Å². The molecular weight excluding hydrogens is 256 g/mol. The molecule has 0 bridgehead atoms. The van der Waals surface area contributed by atoms with Crippen molar-refractivity contribution in [3.63, 3.8) is 0 Å². The van der Waals surface area contributed by atoms with Crippen LogP contribution >= 0.6 is 22.7 Å². The third-order valence-electron chi connectivity index (χ3n) is 3.77. The van der Waals surface area contributed by atoms with E-state index >= 15 is 0 Å². The largest absolute Gasteiger partial charge is 0.144 e. The summed E-state index contributed by atoms with van der Waals surface area (Å²) in [6.07, 6.45) is 0. The van der Waals surface area contributed by atoms with Crippen molar-refractivity contribution in [1.29, 1.82) is 0 Å². The van der Waals surface area contributed by atoms with Gasteiger partial charge in [-0.1, -0.05) is 12.1 Å². The van der Waals surface area contributed by atoms with E-state index in [0.29, 0.717) is 0 Å². The van der Waals surface area contributed by atoms with Gasteiger partial charge >= 0.3 is 0 Å². The molecule has 0 fully saturated rings. The van der Waals surface area contributed by atoms with Crippen molar-refractivity contribution in [1.82, 2.24) is 0 Å². The highest BCUT2D eigenvalue weighted by Gasteiger charge is 2.22. The van der Waals surface area contributed by atoms with Gasteiger partial charge in [0, 0.05) is 20.3 Å². The second kappa shape index (κ2) is 3.02. The van der Waals surface area contributed by atoms with Gasteiger partial charge in [-0.3, -0.25) is 0 Å². The van der Waals surface area contributed by atoms with E-state index in [-0.39, 0.29) is 0 Å². The first-order chi connectivity index (χ1) is 8.92. The van der Waals surface area contributed by atoms with Gasteiger partial charge in [0.2, 0.25) is 0 Å². The molecule has 1 aliphatic rings. The molecule has 0 radical (unpaired) electrons. The maximum absolute atomic E-state index is 2.36. The molecule has 18 heavy (non-hydrogen) atoms. The van der Waals surface area contributed by atoms with E-state index < -0.39 is 0 Å². The number of fused-ring (bicyclic) bond motifs is 4. The van der Waals surface area contributed by atoms with Crippen LogP contribution in [0.3, 0.4) is 0 Å². The van der Waals surface area contributed by atoms with Gasteiger partial charge in [0.15, 0.2) is 0 Å². The predicted octanol–water partition coefficient (Wildman–Crippen LogP) is 5.76. The number of hydrogen-bond donors (Lipinski definition) is 0. The van der Waals surface area contributed by atoms with Gasteiger partial charge in [0.05, 0.1) is 0 Å². The second-order valence-electron chi connectivity index (χ2n) is 4.68. The van der Waals surface area contributed by atoms with Gasteiger partial charge in [-0.15, -0.1) is 22.7 Å². The molecule has 0 saturated carbocycles. The quantitative estimate of drug-likeness (QED) is 0.333. The van der Waals surface area contributed by atoms with Crippen LogP contribution < -0.4 is 0 Å². The first-order valence-corrected chi connectivity index (χ1v) is 7.70. The van der Waals surface area contributed by atoms with E-state index in [0.717, 1.165) is 0 Å². The summed E-state index contributed by atoms with van der Waals surface area (Å²) in [5.41, 5.74) is 5.66. The van der Waals surface area contributed by atoms with Crippen LogP contribution in [0.1, 0.15) is 0 Å². The van der Waals surface area contributed by atoms with Crippen LogP contribution in [0.5, 0.6) is 0 Å². The lowest BCUT2D eigenvalue weighted by Gasteiger charge is -2.02. The van der Waals surface area contributed by atoms with E-state index in [1.807, 2.05) is 22.7 Å². The van der Waals surface area contributed by atoms with E-state index in [1.165, 1.54) is 42.4 Å². The lowest BCUT2D eigenvalue weighted by Crippen LogP contribution is -1.75. The Morgan fingerprint density at radius 2 is 1.67 bits per heavy atom. The van der Waals surface area contributed by atoms with Crippen molar-refractivity contribution in [2.75, 3.05) is 0 Å². The number of benzene rings is 2. The Bertz CT molecular complexity index is 895. The monoisotopic (exact) mass is 264 g/mol. The molecule has 2 aromatic heterocycles. The zero-order valence-corrected chi connectivity index (χ0v) is 11.1. The maximum Gasteiger partial charge on any atom is 0.0355 e. The molecule has 0 spiro atoms. The Morgan fingerprint density at radius 3 is 2.67 bits per heavy atom. The highest BCUT2D eigenvalue weighted by Crippen LogP contribution is 2.51. The molecule has 2 heteroatoms.